The fourth-order valence-corrected chi connectivity index (χ4v) is 4.19. The maximum atomic E-state index is 12.7. The molecule has 9 heteroatoms. The lowest BCUT2D eigenvalue weighted by Crippen LogP contribution is -2.38. The van der Waals surface area contributed by atoms with E-state index in [9.17, 15) is 19.5 Å². The Morgan fingerprint density at radius 1 is 1.10 bits per heavy atom. The number of imide groups is 1. The van der Waals surface area contributed by atoms with Gasteiger partial charge >= 0.3 is 0 Å². The highest BCUT2D eigenvalue weighted by molar-refractivity contribution is 8.18. The molecule has 0 saturated carbocycles. The molecule has 0 radical (unpaired) electrons. The summed E-state index contributed by atoms with van der Waals surface area (Å²) in [7, 11) is 0. The Balaban J connectivity index is 1.44. The van der Waals surface area contributed by atoms with E-state index >= 15 is 0 Å². The first-order valence-electron chi connectivity index (χ1n) is 9.77. The summed E-state index contributed by atoms with van der Waals surface area (Å²) in [5.41, 5.74) is 2.17. The molecule has 2 aliphatic heterocycles. The van der Waals surface area contributed by atoms with Gasteiger partial charge in [-0.1, -0.05) is 24.3 Å². The Morgan fingerprint density at radius 2 is 1.81 bits per heavy atom. The lowest BCUT2D eigenvalue weighted by atomic mass is 10.2. The molecule has 2 saturated heterocycles. The number of carbonyl (C=O) groups is 3. The van der Waals surface area contributed by atoms with Crippen molar-refractivity contribution in [3.8, 4) is 5.75 Å². The maximum absolute atomic E-state index is 12.7. The van der Waals surface area contributed by atoms with E-state index in [1.807, 2.05) is 18.2 Å². The highest BCUT2D eigenvalue weighted by Crippen LogP contribution is 2.32. The minimum atomic E-state index is -0.514. The summed E-state index contributed by atoms with van der Waals surface area (Å²) in [6.07, 6.45) is 1.57. The molecule has 2 aliphatic rings. The summed E-state index contributed by atoms with van der Waals surface area (Å²) < 4.78 is 5.38. The smallest absolute Gasteiger partial charge is 0.294 e. The van der Waals surface area contributed by atoms with E-state index in [0.717, 1.165) is 35.4 Å². The molecule has 0 spiro atoms. The van der Waals surface area contributed by atoms with Gasteiger partial charge in [0.15, 0.2) is 0 Å². The van der Waals surface area contributed by atoms with Crippen molar-refractivity contribution in [3.63, 3.8) is 0 Å². The van der Waals surface area contributed by atoms with Crippen LogP contribution in [0.3, 0.4) is 0 Å². The van der Waals surface area contributed by atoms with Crippen LogP contribution < -0.4 is 10.2 Å². The van der Waals surface area contributed by atoms with Gasteiger partial charge in [-0.05, 0) is 47.7 Å². The summed E-state index contributed by atoms with van der Waals surface area (Å²) in [6.45, 7) is 2.31. The van der Waals surface area contributed by atoms with Gasteiger partial charge in [0, 0.05) is 13.1 Å². The topological polar surface area (TPSA) is 99.2 Å². The monoisotopic (exact) mass is 439 g/mol. The number of hydrogen-bond acceptors (Lipinski definition) is 7. The van der Waals surface area contributed by atoms with Crippen molar-refractivity contribution < 1.29 is 24.2 Å². The molecular formula is C22H21N3O5S. The number of hydrogen-bond donors (Lipinski definition) is 2. The van der Waals surface area contributed by atoms with E-state index in [2.05, 4.69) is 10.2 Å². The van der Waals surface area contributed by atoms with Gasteiger partial charge in [-0.15, -0.1) is 0 Å². The fourth-order valence-electron chi connectivity index (χ4n) is 3.35. The first-order chi connectivity index (χ1) is 15.0. The second-order valence-corrected chi connectivity index (χ2v) is 8.02. The zero-order valence-corrected chi connectivity index (χ0v) is 17.4. The third kappa shape index (κ3) is 4.89. The normalized spacial score (nSPS) is 18.0. The minimum absolute atomic E-state index is 0.110. The predicted molar refractivity (Wildman–Crippen MR) is 119 cm³/mol. The van der Waals surface area contributed by atoms with E-state index in [4.69, 9.17) is 4.74 Å². The summed E-state index contributed by atoms with van der Waals surface area (Å²) in [6, 6.07) is 13.7. The molecule has 8 nitrogen and oxygen atoms in total. The van der Waals surface area contributed by atoms with E-state index in [-0.39, 0.29) is 17.2 Å². The number of nitrogens with zero attached hydrogens (tertiary/aromatic N) is 2. The van der Waals surface area contributed by atoms with Crippen LogP contribution in [0.1, 0.15) is 5.56 Å². The van der Waals surface area contributed by atoms with Crippen LogP contribution in [0.15, 0.2) is 53.4 Å². The third-order valence-corrected chi connectivity index (χ3v) is 5.80. The van der Waals surface area contributed by atoms with Crippen LogP contribution in [0.2, 0.25) is 0 Å². The predicted octanol–water partition coefficient (Wildman–Crippen LogP) is 2.90. The second kappa shape index (κ2) is 9.23. The number of aromatic hydroxyl groups is 1. The van der Waals surface area contributed by atoms with Crippen molar-refractivity contribution >= 4 is 46.3 Å². The van der Waals surface area contributed by atoms with E-state index in [1.165, 1.54) is 12.1 Å². The molecule has 0 unspecified atom stereocenters. The number of ether oxygens (including phenoxy) is 1. The van der Waals surface area contributed by atoms with Crippen molar-refractivity contribution in [3.05, 3.63) is 59.0 Å². The molecular weight excluding hydrogens is 418 g/mol. The molecule has 2 aromatic carbocycles. The first-order valence-corrected chi connectivity index (χ1v) is 10.6. The molecule has 31 heavy (non-hydrogen) atoms. The second-order valence-electron chi connectivity index (χ2n) is 7.02. The van der Waals surface area contributed by atoms with E-state index < -0.39 is 17.1 Å². The molecule has 0 atom stereocenters. The van der Waals surface area contributed by atoms with Gasteiger partial charge in [-0.25, -0.2) is 0 Å². The summed E-state index contributed by atoms with van der Waals surface area (Å²) >= 11 is 0.789. The Kier molecular flexibility index (Phi) is 6.24. The van der Waals surface area contributed by atoms with Gasteiger partial charge in [-0.2, -0.15) is 0 Å². The fraction of sp³-hybridized carbons (Fsp3) is 0.227. The highest BCUT2D eigenvalue weighted by Gasteiger charge is 2.36. The SMILES string of the molecule is O=C(CN1C(=O)S/C(=C/c2ccc(O)cc2)C1=O)Nc1ccccc1N1CCOCC1. The molecule has 2 aromatic rings. The van der Waals surface area contributed by atoms with Crippen LogP contribution in [0.4, 0.5) is 16.2 Å². The summed E-state index contributed by atoms with van der Waals surface area (Å²) in [4.78, 5) is 40.9. The molecule has 3 amide bonds. The average Bonchev–Trinajstić information content (AvgIpc) is 3.03. The molecule has 160 valence electrons. The Morgan fingerprint density at radius 3 is 2.55 bits per heavy atom. The van der Waals surface area contributed by atoms with Crippen LogP contribution in [0.5, 0.6) is 5.75 Å². The van der Waals surface area contributed by atoms with Crippen LogP contribution in [-0.2, 0) is 14.3 Å². The number of nitrogens with one attached hydrogen (secondary N) is 1. The standard InChI is InChI=1S/C22H21N3O5S/c26-16-7-5-15(6-8-16)13-19-21(28)25(22(29)31-19)14-20(27)23-17-3-1-2-4-18(17)24-9-11-30-12-10-24/h1-8,13,26H,9-12,14H2,(H,23,27)/b19-13+. The van der Waals surface area contributed by atoms with Gasteiger partial charge in [0.2, 0.25) is 5.91 Å². The zero-order valence-electron chi connectivity index (χ0n) is 16.6. The van der Waals surface area contributed by atoms with Crippen LogP contribution in [0.25, 0.3) is 6.08 Å². The zero-order chi connectivity index (χ0) is 21.8. The van der Waals surface area contributed by atoms with Crippen molar-refractivity contribution in [2.75, 3.05) is 43.1 Å². The molecule has 2 N–H and O–H groups in total. The van der Waals surface area contributed by atoms with Crippen molar-refractivity contribution in [1.29, 1.82) is 0 Å². The number of carbonyl (C=O) groups excluding carboxylic acids is 3. The minimum Gasteiger partial charge on any atom is -0.508 e. The number of para-hydroxylation sites is 2. The van der Waals surface area contributed by atoms with Gasteiger partial charge in [0.25, 0.3) is 11.1 Å². The Bertz CT molecular complexity index is 1030. The van der Waals surface area contributed by atoms with Gasteiger partial charge in [0.05, 0.1) is 29.5 Å². The van der Waals surface area contributed by atoms with E-state index in [0.29, 0.717) is 24.5 Å². The summed E-state index contributed by atoms with van der Waals surface area (Å²) in [5.74, 6) is -0.854. The molecule has 0 aromatic heterocycles. The van der Waals surface area contributed by atoms with Crippen molar-refractivity contribution in [2.45, 2.75) is 0 Å². The van der Waals surface area contributed by atoms with Crippen LogP contribution in [-0.4, -0.2) is 59.9 Å². The number of anilines is 2. The summed E-state index contributed by atoms with van der Waals surface area (Å²) in [5, 5.41) is 11.7. The molecule has 0 bridgehead atoms. The van der Waals surface area contributed by atoms with Gasteiger partial charge < -0.3 is 20.1 Å². The number of benzene rings is 2. The van der Waals surface area contributed by atoms with Crippen LogP contribution >= 0.6 is 11.8 Å². The third-order valence-electron chi connectivity index (χ3n) is 4.90. The largest absolute Gasteiger partial charge is 0.508 e. The van der Waals surface area contributed by atoms with Crippen LogP contribution in [0, 0.1) is 0 Å². The van der Waals surface area contributed by atoms with Crippen molar-refractivity contribution in [2.24, 2.45) is 0 Å². The highest BCUT2D eigenvalue weighted by atomic mass is 32.2. The lowest BCUT2D eigenvalue weighted by Gasteiger charge is -2.30. The number of thioether (sulfide) groups is 1. The van der Waals surface area contributed by atoms with Gasteiger partial charge in [-0.3, -0.25) is 19.3 Å². The Hall–Kier alpha value is -3.30. The number of phenols is 1. The number of rotatable bonds is 5. The lowest BCUT2D eigenvalue weighted by molar-refractivity contribution is -0.127. The Labute approximate surface area is 183 Å². The van der Waals surface area contributed by atoms with E-state index in [1.54, 1.807) is 24.3 Å². The molecule has 2 fully saturated rings. The molecule has 2 heterocycles. The quantitative estimate of drug-likeness (QED) is 0.691. The number of amides is 3. The van der Waals surface area contributed by atoms with Crippen molar-refractivity contribution in [1.82, 2.24) is 4.90 Å². The molecule has 0 aliphatic carbocycles. The maximum Gasteiger partial charge on any atom is 0.294 e. The average molecular weight is 439 g/mol. The number of phenolic OH excluding ortho intramolecular Hbond substituents is 1. The van der Waals surface area contributed by atoms with Gasteiger partial charge in [0.1, 0.15) is 12.3 Å². The molecule has 4 rings (SSSR count). The first kappa shape index (κ1) is 21.0. The number of morpholine rings is 1.